The fourth-order valence-corrected chi connectivity index (χ4v) is 1.56. The zero-order chi connectivity index (χ0) is 15.7. The second-order valence-electron chi connectivity index (χ2n) is 3.89. The van der Waals surface area contributed by atoms with Gasteiger partial charge < -0.3 is 20.4 Å². The summed E-state index contributed by atoms with van der Waals surface area (Å²) < 4.78 is 0. The van der Waals surface area contributed by atoms with Gasteiger partial charge in [0.25, 0.3) is 0 Å². The zero-order valence-corrected chi connectivity index (χ0v) is 10.7. The highest BCUT2D eigenvalue weighted by atomic mass is 16.4. The van der Waals surface area contributed by atoms with Crippen molar-refractivity contribution in [3.63, 3.8) is 0 Å². The Morgan fingerprint density at radius 2 is 1.50 bits per heavy atom. The number of likely N-dealkylation sites (tertiary alicyclic amines) is 1. The van der Waals surface area contributed by atoms with Crippen molar-refractivity contribution in [2.24, 2.45) is 0 Å². The van der Waals surface area contributed by atoms with E-state index in [2.05, 4.69) is 0 Å². The topological polar surface area (TPSA) is 152 Å². The van der Waals surface area contributed by atoms with Gasteiger partial charge in [-0.1, -0.05) is 0 Å². The van der Waals surface area contributed by atoms with Crippen LogP contribution in [-0.2, 0) is 19.2 Å². The van der Waals surface area contributed by atoms with Crippen molar-refractivity contribution in [1.82, 2.24) is 4.90 Å². The first-order valence-corrected chi connectivity index (χ1v) is 5.86. The number of nitrogens with zero attached hydrogens (tertiary/aromatic N) is 1. The second kappa shape index (κ2) is 8.99. The van der Waals surface area contributed by atoms with E-state index in [0.717, 1.165) is 0 Å². The minimum Gasteiger partial charge on any atom is -0.481 e. The molecule has 9 heteroatoms. The third-order valence-corrected chi connectivity index (χ3v) is 2.42. The van der Waals surface area contributed by atoms with E-state index in [0.29, 0.717) is 4.90 Å². The van der Waals surface area contributed by atoms with Crippen LogP contribution in [0, 0.1) is 0 Å². The van der Waals surface area contributed by atoms with Crippen molar-refractivity contribution in [1.29, 1.82) is 0 Å². The Morgan fingerprint density at radius 3 is 1.80 bits per heavy atom. The molecule has 9 nitrogen and oxygen atoms in total. The predicted octanol–water partition coefficient (Wildman–Crippen LogP) is -1.58. The number of aliphatic hydroxyl groups is 2. The molecule has 1 unspecified atom stereocenters. The SMILES string of the molecule is O=C(O)CCC(C(=O)O)N1C(=O)CCC1=O.OCCO. The Hall–Kier alpha value is -2.00. The molecule has 1 aliphatic heterocycles. The Labute approximate surface area is 114 Å². The van der Waals surface area contributed by atoms with E-state index in [1.54, 1.807) is 0 Å². The molecule has 4 N–H and O–H groups in total. The lowest BCUT2D eigenvalue weighted by molar-refractivity contribution is -0.155. The first-order valence-electron chi connectivity index (χ1n) is 5.86. The first-order chi connectivity index (χ1) is 9.34. The molecule has 1 aliphatic rings. The van der Waals surface area contributed by atoms with Gasteiger partial charge in [-0.2, -0.15) is 0 Å². The molecule has 0 aromatic heterocycles. The predicted molar refractivity (Wildman–Crippen MR) is 63.6 cm³/mol. The normalized spacial score (nSPS) is 15.6. The summed E-state index contributed by atoms with van der Waals surface area (Å²) in [4.78, 5) is 44.4. The van der Waals surface area contributed by atoms with Gasteiger partial charge in [0.15, 0.2) is 0 Å². The molecule has 1 heterocycles. The number of aliphatic hydroxyl groups excluding tert-OH is 2. The number of imide groups is 1. The van der Waals surface area contributed by atoms with Gasteiger partial charge in [0.2, 0.25) is 11.8 Å². The summed E-state index contributed by atoms with van der Waals surface area (Å²) in [5.74, 6) is -3.62. The summed E-state index contributed by atoms with van der Waals surface area (Å²) in [7, 11) is 0. The lowest BCUT2D eigenvalue weighted by Gasteiger charge is -2.21. The van der Waals surface area contributed by atoms with Crippen molar-refractivity contribution in [2.75, 3.05) is 13.2 Å². The van der Waals surface area contributed by atoms with Gasteiger partial charge >= 0.3 is 11.9 Å². The van der Waals surface area contributed by atoms with Gasteiger partial charge in [0.05, 0.1) is 13.2 Å². The van der Waals surface area contributed by atoms with Crippen LogP contribution < -0.4 is 0 Å². The number of carboxylic acid groups (broad SMARTS) is 2. The fraction of sp³-hybridized carbons (Fsp3) is 0.636. The lowest BCUT2D eigenvalue weighted by Crippen LogP contribution is -2.44. The molecular formula is C11H17NO8. The molecule has 0 saturated carbocycles. The first kappa shape index (κ1) is 18.0. The summed E-state index contributed by atoms with van der Waals surface area (Å²) in [6, 6.07) is -1.36. The molecule has 0 bridgehead atoms. The molecule has 0 aliphatic carbocycles. The van der Waals surface area contributed by atoms with E-state index in [9.17, 15) is 19.2 Å². The van der Waals surface area contributed by atoms with E-state index in [4.69, 9.17) is 20.4 Å². The minimum absolute atomic E-state index is 0.00428. The van der Waals surface area contributed by atoms with Gasteiger partial charge in [-0.05, 0) is 6.42 Å². The van der Waals surface area contributed by atoms with E-state index in [1.165, 1.54) is 0 Å². The maximum Gasteiger partial charge on any atom is 0.326 e. The third kappa shape index (κ3) is 5.76. The van der Waals surface area contributed by atoms with E-state index < -0.39 is 36.2 Å². The number of hydrogen-bond donors (Lipinski definition) is 4. The van der Waals surface area contributed by atoms with Crippen LogP contribution in [0.15, 0.2) is 0 Å². The van der Waals surface area contributed by atoms with Crippen LogP contribution in [0.4, 0.5) is 0 Å². The molecule has 0 aromatic rings. The molecule has 1 saturated heterocycles. The highest BCUT2D eigenvalue weighted by molar-refractivity contribution is 6.04. The maximum atomic E-state index is 11.3. The van der Waals surface area contributed by atoms with E-state index >= 15 is 0 Å². The summed E-state index contributed by atoms with van der Waals surface area (Å²) in [6.45, 7) is -0.250. The monoisotopic (exact) mass is 291 g/mol. The number of rotatable bonds is 6. The average Bonchev–Trinajstić information content (AvgIpc) is 2.70. The maximum absolute atomic E-state index is 11.3. The molecule has 1 fully saturated rings. The van der Waals surface area contributed by atoms with Gasteiger partial charge in [-0.25, -0.2) is 4.79 Å². The smallest absolute Gasteiger partial charge is 0.326 e. The molecule has 20 heavy (non-hydrogen) atoms. The number of carbonyl (C=O) groups excluding carboxylic acids is 2. The Kier molecular flexibility index (Phi) is 8.09. The quantitative estimate of drug-likeness (QED) is 0.428. The molecule has 0 aromatic carbocycles. The Balaban J connectivity index is 0.000000796. The minimum atomic E-state index is -1.36. The van der Waals surface area contributed by atoms with Crippen LogP contribution in [-0.4, -0.2) is 68.3 Å². The number of hydrogen-bond acceptors (Lipinski definition) is 6. The van der Waals surface area contributed by atoms with Crippen molar-refractivity contribution in [3.8, 4) is 0 Å². The van der Waals surface area contributed by atoms with Gasteiger partial charge in [0.1, 0.15) is 6.04 Å². The standard InChI is InChI=1S/C9H11NO6.C2H6O2/c11-6-2-3-7(12)10(6)5(9(15)16)1-4-8(13)14;3-1-2-4/h5H,1-4H2,(H,13,14)(H,15,16);3-4H,1-2H2. The van der Waals surface area contributed by atoms with Crippen molar-refractivity contribution < 1.29 is 39.6 Å². The van der Waals surface area contributed by atoms with Crippen molar-refractivity contribution in [2.45, 2.75) is 31.7 Å². The molecule has 1 atom stereocenters. The molecule has 2 amide bonds. The van der Waals surface area contributed by atoms with E-state index in [1.807, 2.05) is 0 Å². The highest BCUT2D eigenvalue weighted by Crippen LogP contribution is 2.18. The summed E-state index contributed by atoms with van der Waals surface area (Å²) in [6.07, 6.45) is -0.665. The van der Waals surface area contributed by atoms with Crippen LogP contribution in [0.5, 0.6) is 0 Å². The highest BCUT2D eigenvalue weighted by Gasteiger charge is 2.38. The molecular weight excluding hydrogens is 274 g/mol. The van der Waals surface area contributed by atoms with Crippen LogP contribution in [0.2, 0.25) is 0 Å². The van der Waals surface area contributed by atoms with Gasteiger partial charge in [-0.3, -0.25) is 19.3 Å². The van der Waals surface area contributed by atoms with Gasteiger partial charge in [-0.15, -0.1) is 0 Å². The number of amides is 2. The van der Waals surface area contributed by atoms with Crippen LogP contribution >= 0.6 is 0 Å². The second-order valence-corrected chi connectivity index (χ2v) is 3.89. The number of carbonyl (C=O) groups is 4. The Morgan fingerprint density at radius 1 is 1.05 bits per heavy atom. The largest absolute Gasteiger partial charge is 0.481 e. The zero-order valence-electron chi connectivity index (χ0n) is 10.7. The summed E-state index contributed by atoms with van der Waals surface area (Å²) >= 11 is 0. The van der Waals surface area contributed by atoms with Crippen LogP contribution in [0.3, 0.4) is 0 Å². The Bertz CT molecular complexity index is 363. The lowest BCUT2D eigenvalue weighted by atomic mass is 10.1. The fourth-order valence-electron chi connectivity index (χ4n) is 1.56. The van der Waals surface area contributed by atoms with Crippen LogP contribution in [0.1, 0.15) is 25.7 Å². The average molecular weight is 291 g/mol. The molecule has 0 spiro atoms. The molecule has 0 radical (unpaired) electrons. The van der Waals surface area contributed by atoms with Crippen molar-refractivity contribution in [3.05, 3.63) is 0 Å². The summed E-state index contributed by atoms with van der Waals surface area (Å²) in [5, 5.41) is 32.5. The van der Waals surface area contributed by atoms with Crippen LogP contribution in [0.25, 0.3) is 0 Å². The summed E-state index contributed by atoms with van der Waals surface area (Å²) in [5.41, 5.74) is 0. The number of aliphatic carboxylic acids is 2. The van der Waals surface area contributed by atoms with Crippen molar-refractivity contribution >= 4 is 23.8 Å². The van der Waals surface area contributed by atoms with E-state index in [-0.39, 0.29) is 32.5 Å². The number of carboxylic acids is 2. The van der Waals surface area contributed by atoms with Gasteiger partial charge in [0, 0.05) is 19.3 Å². The third-order valence-electron chi connectivity index (χ3n) is 2.42. The molecule has 114 valence electrons. The molecule has 1 rings (SSSR count).